The number of aryl methyl sites for hydroxylation is 3. The number of ether oxygens (including phenoxy) is 1. The molecule has 0 bridgehead atoms. The summed E-state index contributed by atoms with van der Waals surface area (Å²) in [5, 5.41) is 0.744. The summed E-state index contributed by atoms with van der Waals surface area (Å²) in [5.41, 5.74) is 2.62. The van der Waals surface area contributed by atoms with Crippen LogP contribution < -0.4 is 4.74 Å². The average Bonchev–Trinajstić information content (AvgIpc) is 2.50. The van der Waals surface area contributed by atoms with Gasteiger partial charge in [-0.25, -0.2) is 9.97 Å². The Kier molecular flexibility index (Phi) is 6.16. The predicted octanol–water partition coefficient (Wildman–Crippen LogP) is 4.03. The highest BCUT2D eigenvalue weighted by molar-refractivity contribution is 7.99. The van der Waals surface area contributed by atoms with E-state index in [4.69, 9.17) is 4.74 Å². The second-order valence-corrected chi connectivity index (χ2v) is 6.37. The van der Waals surface area contributed by atoms with Gasteiger partial charge in [-0.1, -0.05) is 19.1 Å². The molecule has 5 heteroatoms. The van der Waals surface area contributed by atoms with E-state index in [-0.39, 0.29) is 5.78 Å². The van der Waals surface area contributed by atoms with Crippen molar-refractivity contribution in [3.63, 3.8) is 0 Å². The molecule has 0 spiro atoms. The Morgan fingerprint density at radius 3 is 2.74 bits per heavy atom. The van der Waals surface area contributed by atoms with Crippen LogP contribution in [-0.4, -0.2) is 28.1 Å². The van der Waals surface area contributed by atoms with E-state index in [2.05, 4.69) is 29.0 Å². The summed E-state index contributed by atoms with van der Waals surface area (Å²) < 4.78 is 5.78. The molecular formula is C18H22N2O2S. The van der Waals surface area contributed by atoms with E-state index in [1.807, 2.05) is 26.0 Å². The van der Waals surface area contributed by atoms with Gasteiger partial charge in [-0.2, -0.15) is 0 Å². The monoisotopic (exact) mass is 330 g/mol. The highest BCUT2D eigenvalue weighted by Gasteiger charge is 2.14. The SMILES string of the molecule is CCc1cccc(OCCSc2nc(C)nc(C)c2C(C)=O)c1. The number of rotatable bonds is 7. The van der Waals surface area contributed by atoms with Crippen molar-refractivity contribution in [3.05, 3.63) is 46.9 Å². The van der Waals surface area contributed by atoms with Gasteiger partial charge in [0.2, 0.25) is 0 Å². The third-order valence-electron chi connectivity index (χ3n) is 3.42. The molecule has 0 unspecified atom stereocenters. The van der Waals surface area contributed by atoms with E-state index in [0.717, 1.165) is 28.6 Å². The summed E-state index contributed by atoms with van der Waals surface area (Å²) >= 11 is 1.54. The summed E-state index contributed by atoms with van der Waals surface area (Å²) in [6.45, 7) is 7.93. The molecule has 0 N–H and O–H groups in total. The van der Waals surface area contributed by atoms with Gasteiger partial charge in [0.05, 0.1) is 17.9 Å². The Morgan fingerprint density at radius 1 is 1.26 bits per heavy atom. The first-order valence-electron chi connectivity index (χ1n) is 7.72. The molecule has 0 saturated carbocycles. The molecule has 0 aliphatic rings. The number of nitrogens with zero attached hydrogens (tertiary/aromatic N) is 2. The summed E-state index contributed by atoms with van der Waals surface area (Å²) in [5.74, 6) is 2.30. The van der Waals surface area contributed by atoms with E-state index in [1.54, 1.807) is 6.92 Å². The Hall–Kier alpha value is -1.88. The second-order valence-electron chi connectivity index (χ2n) is 5.29. The van der Waals surface area contributed by atoms with Crippen molar-refractivity contribution >= 4 is 17.5 Å². The Balaban J connectivity index is 1.97. The Morgan fingerprint density at radius 2 is 2.04 bits per heavy atom. The third-order valence-corrected chi connectivity index (χ3v) is 4.36. The van der Waals surface area contributed by atoms with Crippen molar-refractivity contribution in [2.75, 3.05) is 12.4 Å². The first kappa shape index (κ1) is 17.5. The van der Waals surface area contributed by atoms with E-state index in [0.29, 0.717) is 18.0 Å². The molecular weight excluding hydrogens is 308 g/mol. The Labute approximate surface area is 141 Å². The van der Waals surface area contributed by atoms with Crippen LogP contribution >= 0.6 is 11.8 Å². The lowest BCUT2D eigenvalue weighted by atomic mass is 10.2. The molecule has 0 saturated heterocycles. The molecule has 0 fully saturated rings. The zero-order valence-corrected chi connectivity index (χ0v) is 14.9. The van der Waals surface area contributed by atoms with E-state index < -0.39 is 0 Å². The molecule has 0 amide bonds. The molecule has 1 aromatic heterocycles. The lowest BCUT2D eigenvalue weighted by molar-refractivity contribution is 0.101. The van der Waals surface area contributed by atoms with Gasteiger partial charge in [-0.15, -0.1) is 11.8 Å². The van der Waals surface area contributed by atoms with Gasteiger partial charge in [0.25, 0.3) is 0 Å². The van der Waals surface area contributed by atoms with Gasteiger partial charge in [-0.3, -0.25) is 4.79 Å². The van der Waals surface area contributed by atoms with Crippen molar-refractivity contribution in [1.82, 2.24) is 9.97 Å². The van der Waals surface area contributed by atoms with Crippen LogP contribution in [0.2, 0.25) is 0 Å². The minimum Gasteiger partial charge on any atom is -0.493 e. The van der Waals surface area contributed by atoms with E-state index in [1.165, 1.54) is 17.3 Å². The van der Waals surface area contributed by atoms with Gasteiger partial charge < -0.3 is 4.74 Å². The summed E-state index contributed by atoms with van der Waals surface area (Å²) in [6, 6.07) is 8.12. The summed E-state index contributed by atoms with van der Waals surface area (Å²) in [6.07, 6.45) is 0.993. The number of hydrogen-bond acceptors (Lipinski definition) is 5. The van der Waals surface area contributed by atoms with Crippen LogP contribution in [-0.2, 0) is 6.42 Å². The van der Waals surface area contributed by atoms with Crippen LogP contribution in [0, 0.1) is 13.8 Å². The van der Waals surface area contributed by atoms with Gasteiger partial charge in [-0.05, 0) is 44.9 Å². The fourth-order valence-corrected chi connectivity index (χ4v) is 3.34. The van der Waals surface area contributed by atoms with Crippen molar-refractivity contribution in [2.45, 2.75) is 39.1 Å². The number of carbonyl (C=O) groups excluding carboxylic acids is 1. The molecule has 2 rings (SSSR count). The highest BCUT2D eigenvalue weighted by atomic mass is 32.2. The molecule has 0 aliphatic carbocycles. The topological polar surface area (TPSA) is 52.1 Å². The van der Waals surface area contributed by atoms with Crippen LogP contribution in [0.3, 0.4) is 0 Å². The number of ketones is 1. The lowest BCUT2D eigenvalue weighted by Gasteiger charge is -2.10. The van der Waals surface area contributed by atoms with Gasteiger partial charge >= 0.3 is 0 Å². The minimum atomic E-state index is 0.00145. The number of aromatic nitrogens is 2. The van der Waals surface area contributed by atoms with Crippen LogP contribution in [0.1, 0.15) is 41.3 Å². The van der Waals surface area contributed by atoms with Crippen LogP contribution in [0.15, 0.2) is 29.3 Å². The largest absolute Gasteiger partial charge is 0.493 e. The smallest absolute Gasteiger partial charge is 0.164 e. The van der Waals surface area contributed by atoms with Gasteiger partial charge in [0.15, 0.2) is 5.78 Å². The zero-order chi connectivity index (χ0) is 16.8. The molecule has 1 heterocycles. The first-order chi connectivity index (χ1) is 11.0. The summed E-state index contributed by atoms with van der Waals surface area (Å²) in [4.78, 5) is 20.5. The van der Waals surface area contributed by atoms with E-state index in [9.17, 15) is 4.79 Å². The number of Topliss-reactive ketones (excluding diaryl/α,β-unsaturated/α-hetero) is 1. The molecule has 2 aromatic rings. The second kappa shape index (κ2) is 8.11. The number of hydrogen-bond donors (Lipinski definition) is 0. The standard InChI is InChI=1S/C18H22N2O2S/c1-5-15-7-6-8-16(11-15)22-9-10-23-18-17(13(3)21)12(2)19-14(4)20-18/h6-8,11H,5,9-10H2,1-4H3. The van der Waals surface area contributed by atoms with Crippen LogP contribution in [0.4, 0.5) is 0 Å². The molecule has 4 nitrogen and oxygen atoms in total. The normalized spacial score (nSPS) is 10.6. The lowest BCUT2D eigenvalue weighted by Crippen LogP contribution is -2.08. The maximum Gasteiger partial charge on any atom is 0.164 e. The average molecular weight is 330 g/mol. The van der Waals surface area contributed by atoms with Crippen LogP contribution in [0.5, 0.6) is 5.75 Å². The number of benzene rings is 1. The van der Waals surface area contributed by atoms with Gasteiger partial charge in [0.1, 0.15) is 16.6 Å². The maximum absolute atomic E-state index is 11.8. The quantitative estimate of drug-likeness (QED) is 0.332. The van der Waals surface area contributed by atoms with E-state index >= 15 is 0 Å². The molecule has 0 aliphatic heterocycles. The summed E-state index contributed by atoms with van der Waals surface area (Å²) in [7, 11) is 0. The third kappa shape index (κ3) is 4.79. The van der Waals surface area contributed by atoms with Crippen molar-refractivity contribution in [3.8, 4) is 5.75 Å². The minimum absolute atomic E-state index is 0.00145. The molecule has 23 heavy (non-hydrogen) atoms. The predicted molar refractivity (Wildman–Crippen MR) is 93.5 cm³/mol. The molecule has 1 aromatic carbocycles. The van der Waals surface area contributed by atoms with Crippen LogP contribution in [0.25, 0.3) is 0 Å². The highest BCUT2D eigenvalue weighted by Crippen LogP contribution is 2.23. The van der Waals surface area contributed by atoms with Crippen molar-refractivity contribution in [2.24, 2.45) is 0 Å². The van der Waals surface area contributed by atoms with Gasteiger partial charge in [0, 0.05) is 5.75 Å². The first-order valence-corrected chi connectivity index (χ1v) is 8.70. The van der Waals surface area contributed by atoms with Crippen molar-refractivity contribution in [1.29, 1.82) is 0 Å². The van der Waals surface area contributed by atoms with Crippen molar-refractivity contribution < 1.29 is 9.53 Å². The zero-order valence-electron chi connectivity index (χ0n) is 14.0. The fraction of sp³-hybridized carbons (Fsp3) is 0.389. The number of carbonyl (C=O) groups is 1. The fourth-order valence-electron chi connectivity index (χ4n) is 2.34. The molecule has 0 radical (unpaired) electrons. The number of thioether (sulfide) groups is 1. The molecule has 122 valence electrons. The Bertz CT molecular complexity index is 701. The maximum atomic E-state index is 11.8. The molecule has 0 atom stereocenters.